The summed E-state index contributed by atoms with van der Waals surface area (Å²) in [5.74, 6) is 0.709. The number of rotatable bonds is 4. The van der Waals surface area contributed by atoms with Crippen LogP contribution in [-0.4, -0.2) is 5.75 Å². The first-order valence-corrected chi connectivity index (χ1v) is 5.07. The lowest BCUT2D eigenvalue weighted by Crippen LogP contribution is -1.79. The fraction of sp³-hybridized carbons (Fsp3) is 0.300. The average molecular weight is 195 g/mol. The zero-order valence-electron chi connectivity index (χ0n) is 7.16. The number of nitrogens with zero attached hydrogens (tertiary/aromatic N) is 1. The Morgan fingerprint density at radius 3 is 2.62 bits per heavy atom. The molecule has 0 fully saturated rings. The Labute approximate surface area is 81.6 Å². The van der Waals surface area contributed by atoms with E-state index in [2.05, 4.69) is 6.07 Å². The lowest BCUT2D eigenvalue weighted by Gasteiger charge is -1.98. The van der Waals surface area contributed by atoms with Gasteiger partial charge in [-0.2, -0.15) is 5.26 Å². The van der Waals surface area contributed by atoms with Crippen molar-refractivity contribution in [3.63, 3.8) is 0 Å². The molecule has 0 unspecified atom stereocenters. The molecule has 0 saturated carbocycles. The predicted octanol–water partition coefficient (Wildman–Crippen LogP) is 3.22. The van der Waals surface area contributed by atoms with E-state index >= 15 is 0 Å². The molecule has 0 aliphatic carbocycles. The van der Waals surface area contributed by atoms with Crippen molar-refractivity contribution < 1.29 is 4.39 Å². The van der Waals surface area contributed by atoms with Gasteiger partial charge in [0.25, 0.3) is 0 Å². The molecule has 0 aliphatic heterocycles. The molecule has 68 valence electrons. The Balaban J connectivity index is 2.30. The summed E-state index contributed by atoms with van der Waals surface area (Å²) in [5, 5.41) is 8.29. The molecule has 1 rings (SSSR count). The van der Waals surface area contributed by atoms with E-state index in [0.29, 0.717) is 6.42 Å². The van der Waals surface area contributed by atoms with Crippen LogP contribution in [0.5, 0.6) is 0 Å². The van der Waals surface area contributed by atoms with Crippen LogP contribution in [0.2, 0.25) is 0 Å². The van der Waals surface area contributed by atoms with Crippen LogP contribution in [0, 0.1) is 17.1 Å². The normalized spacial score (nSPS) is 9.54. The summed E-state index contributed by atoms with van der Waals surface area (Å²) in [6, 6.07) is 8.50. The highest BCUT2D eigenvalue weighted by atomic mass is 32.2. The summed E-state index contributed by atoms with van der Waals surface area (Å²) in [4.78, 5) is 1.05. The minimum atomic E-state index is -0.207. The molecule has 0 atom stereocenters. The Morgan fingerprint density at radius 2 is 2.00 bits per heavy atom. The number of hydrogen-bond donors (Lipinski definition) is 0. The van der Waals surface area contributed by atoms with Crippen molar-refractivity contribution >= 4 is 11.8 Å². The average Bonchev–Trinajstić information content (AvgIpc) is 2.15. The number of thioether (sulfide) groups is 1. The monoisotopic (exact) mass is 195 g/mol. The van der Waals surface area contributed by atoms with Crippen molar-refractivity contribution in [1.82, 2.24) is 0 Å². The Hall–Kier alpha value is -1.01. The summed E-state index contributed by atoms with van der Waals surface area (Å²) < 4.78 is 12.5. The summed E-state index contributed by atoms with van der Waals surface area (Å²) in [6.45, 7) is 0. The van der Waals surface area contributed by atoms with Crippen LogP contribution >= 0.6 is 11.8 Å². The zero-order chi connectivity index (χ0) is 9.52. The Kier molecular flexibility index (Phi) is 4.34. The standard InChI is InChI=1S/C10H10FNS/c11-9-3-5-10(6-4-9)13-8-2-1-7-12/h3-6H,1-2,8H2. The maximum atomic E-state index is 12.5. The van der Waals surface area contributed by atoms with E-state index in [4.69, 9.17) is 5.26 Å². The first-order chi connectivity index (χ1) is 6.33. The van der Waals surface area contributed by atoms with E-state index in [-0.39, 0.29) is 5.82 Å². The maximum Gasteiger partial charge on any atom is 0.123 e. The lowest BCUT2D eigenvalue weighted by molar-refractivity contribution is 0.626. The van der Waals surface area contributed by atoms with E-state index in [1.807, 2.05) is 0 Å². The molecule has 0 radical (unpaired) electrons. The van der Waals surface area contributed by atoms with Gasteiger partial charge in [-0.05, 0) is 36.4 Å². The minimum absolute atomic E-state index is 0.207. The van der Waals surface area contributed by atoms with Crippen LogP contribution in [0.3, 0.4) is 0 Å². The van der Waals surface area contributed by atoms with E-state index < -0.39 is 0 Å². The molecule has 0 bridgehead atoms. The Morgan fingerprint density at radius 1 is 1.31 bits per heavy atom. The van der Waals surface area contributed by atoms with Crippen molar-refractivity contribution in [3.8, 4) is 6.07 Å². The zero-order valence-corrected chi connectivity index (χ0v) is 7.98. The number of unbranched alkanes of at least 4 members (excludes halogenated alkanes) is 1. The van der Waals surface area contributed by atoms with Crippen molar-refractivity contribution in [2.75, 3.05) is 5.75 Å². The largest absolute Gasteiger partial charge is 0.207 e. The number of benzene rings is 1. The van der Waals surface area contributed by atoms with Crippen molar-refractivity contribution in [1.29, 1.82) is 5.26 Å². The van der Waals surface area contributed by atoms with Crippen LogP contribution in [0.1, 0.15) is 12.8 Å². The molecule has 13 heavy (non-hydrogen) atoms. The second kappa shape index (κ2) is 5.60. The first-order valence-electron chi connectivity index (χ1n) is 4.08. The molecule has 0 N–H and O–H groups in total. The third-order valence-corrected chi connectivity index (χ3v) is 2.61. The van der Waals surface area contributed by atoms with Gasteiger partial charge in [0, 0.05) is 11.3 Å². The molecule has 3 heteroatoms. The molecule has 1 nitrogen and oxygen atoms in total. The van der Waals surface area contributed by atoms with Crippen LogP contribution in [0.4, 0.5) is 4.39 Å². The predicted molar refractivity (Wildman–Crippen MR) is 52.0 cm³/mol. The molecule has 0 aliphatic rings. The molecule has 0 aromatic heterocycles. The van der Waals surface area contributed by atoms with Gasteiger partial charge in [-0.3, -0.25) is 0 Å². The van der Waals surface area contributed by atoms with Gasteiger partial charge in [-0.25, -0.2) is 4.39 Å². The highest BCUT2D eigenvalue weighted by Gasteiger charge is 1.94. The fourth-order valence-electron chi connectivity index (χ4n) is 0.872. The van der Waals surface area contributed by atoms with Crippen LogP contribution in [0.15, 0.2) is 29.2 Å². The molecular weight excluding hydrogens is 185 g/mol. The summed E-state index contributed by atoms with van der Waals surface area (Å²) in [5.41, 5.74) is 0. The van der Waals surface area contributed by atoms with Gasteiger partial charge >= 0.3 is 0 Å². The summed E-state index contributed by atoms with van der Waals surface area (Å²) in [6.07, 6.45) is 1.48. The van der Waals surface area contributed by atoms with Crippen LogP contribution < -0.4 is 0 Å². The molecule has 1 aromatic carbocycles. The minimum Gasteiger partial charge on any atom is -0.207 e. The molecule has 0 heterocycles. The fourth-order valence-corrected chi connectivity index (χ4v) is 1.72. The second-order valence-electron chi connectivity index (χ2n) is 2.56. The van der Waals surface area contributed by atoms with Crippen LogP contribution in [0.25, 0.3) is 0 Å². The van der Waals surface area contributed by atoms with Gasteiger partial charge in [0.15, 0.2) is 0 Å². The molecular formula is C10H10FNS. The third kappa shape index (κ3) is 3.95. The van der Waals surface area contributed by atoms with Gasteiger partial charge in [0.1, 0.15) is 5.82 Å². The molecule has 0 amide bonds. The summed E-state index contributed by atoms with van der Waals surface area (Å²) in [7, 11) is 0. The maximum absolute atomic E-state index is 12.5. The van der Waals surface area contributed by atoms with E-state index in [0.717, 1.165) is 17.1 Å². The quantitative estimate of drug-likeness (QED) is 0.544. The van der Waals surface area contributed by atoms with Crippen molar-refractivity contribution in [2.24, 2.45) is 0 Å². The second-order valence-corrected chi connectivity index (χ2v) is 3.73. The number of nitriles is 1. The number of hydrogen-bond acceptors (Lipinski definition) is 2. The van der Waals surface area contributed by atoms with Gasteiger partial charge in [-0.1, -0.05) is 0 Å². The smallest absolute Gasteiger partial charge is 0.123 e. The van der Waals surface area contributed by atoms with E-state index in [1.165, 1.54) is 12.1 Å². The van der Waals surface area contributed by atoms with Gasteiger partial charge < -0.3 is 0 Å². The van der Waals surface area contributed by atoms with Crippen LogP contribution in [-0.2, 0) is 0 Å². The number of halogens is 1. The third-order valence-electron chi connectivity index (χ3n) is 1.52. The van der Waals surface area contributed by atoms with Gasteiger partial charge in [0.2, 0.25) is 0 Å². The Bertz CT molecular complexity index is 289. The van der Waals surface area contributed by atoms with E-state index in [9.17, 15) is 4.39 Å². The van der Waals surface area contributed by atoms with E-state index in [1.54, 1.807) is 23.9 Å². The highest BCUT2D eigenvalue weighted by Crippen LogP contribution is 2.19. The molecule has 1 aromatic rings. The molecule has 0 spiro atoms. The van der Waals surface area contributed by atoms with Gasteiger partial charge in [0.05, 0.1) is 6.07 Å². The van der Waals surface area contributed by atoms with Gasteiger partial charge in [-0.15, -0.1) is 11.8 Å². The first kappa shape index (κ1) is 10.1. The highest BCUT2D eigenvalue weighted by molar-refractivity contribution is 7.99. The lowest BCUT2D eigenvalue weighted by atomic mass is 10.3. The molecule has 0 saturated heterocycles. The topological polar surface area (TPSA) is 23.8 Å². The SMILES string of the molecule is N#CCCCSc1ccc(F)cc1. The van der Waals surface area contributed by atoms with Crippen molar-refractivity contribution in [3.05, 3.63) is 30.1 Å². The summed E-state index contributed by atoms with van der Waals surface area (Å²) >= 11 is 1.65. The van der Waals surface area contributed by atoms with Crippen molar-refractivity contribution in [2.45, 2.75) is 17.7 Å².